The lowest BCUT2D eigenvalue weighted by Gasteiger charge is -2.05. The van der Waals surface area contributed by atoms with Crippen LogP contribution in [0.15, 0.2) is 48.7 Å². The van der Waals surface area contributed by atoms with E-state index in [1.165, 1.54) is 6.07 Å². The van der Waals surface area contributed by atoms with Crippen LogP contribution in [0.25, 0.3) is 10.9 Å². The molecule has 0 atom stereocenters. The maximum absolute atomic E-state index is 13.5. The standard InChI is InChI=1S/C16H14ClFN2/c17-13-5-6-14-12(10-20-16(14)7-13)9-19-8-11-3-1-2-4-15(11)18/h1-7,10,19-20H,8-9H2. The van der Waals surface area contributed by atoms with Gasteiger partial charge in [0.25, 0.3) is 0 Å². The molecule has 3 rings (SSSR count). The Morgan fingerprint density at radius 3 is 2.70 bits per heavy atom. The Bertz CT molecular complexity index is 736. The summed E-state index contributed by atoms with van der Waals surface area (Å²) >= 11 is 5.95. The fraction of sp³-hybridized carbons (Fsp3) is 0.125. The van der Waals surface area contributed by atoms with Crippen molar-refractivity contribution in [3.8, 4) is 0 Å². The number of aromatic nitrogens is 1. The largest absolute Gasteiger partial charge is 0.361 e. The van der Waals surface area contributed by atoms with E-state index in [0.29, 0.717) is 23.7 Å². The first-order valence-corrected chi connectivity index (χ1v) is 6.81. The number of H-pyrrole nitrogens is 1. The third kappa shape index (κ3) is 2.69. The minimum Gasteiger partial charge on any atom is -0.361 e. The maximum atomic E-state index is 13.5. The van der Waals surface area contributed by atoms with Gasteiger partial charge in [0.1, 0.15) is 5.82 Å². The van der Waals surface area contributed by atoms with E-state index in [2.05, 4.69) is 10.3 Å². The van der Waals surface area contributed by atoms with Gasteiger partial charge in [-0.05, 0) is 23.8 Å². The first kappa shape index (κ1) is 13.2. The number of hydrogen-bond donors (Lipinski definition) is 2. The summed E-state index contributed by atoms with van der Waals surface area (Å²) in [5.41, 5.74) is 2.84. The number of hydrogen-bond acceptors (Lipinski definition) is 1. The van der Waals surface area contributed by atoms with Gasteiger partial charge in [-0.2, -0.15) is 0 Å². The number of aromatic amines is 1. The monoisotopic (exact) mass is 288 g/mol. The van der Waals surface area contributed by atoms with Crippen molar-refractivity contribution < 1.29 is 4.39 Å². The average Bonchev–Trinajstić information content (AvgIpc) is 2.83. The number of halogens is 2. The third-order valence-corrected chi connectivity index (χ3v) is 3.55. The Labute approximate surface area is 121 Å². The summed E-state index contributed by atoms with van der Waals surface area (Å²) in [6, 6.07) is 12.6. The van der Waals surface area contributed by atoms with Crippen molar-refractivity contribution in [3.63, 3.8) is 0 Å². The van der Waals surface area contributed by atoms with Gasteiger partial charge in [-0.3, -0.25) is 0 Å². The van der Waals surface area contributed by atoms with Crippen LogP contribution in [0, 0.1) is 5.82 Å². The molecule has 3 aromatic rings. The van der Waals surface area contributed by atoms with Gasteiger partial charge in [0.15, 0.2) is 0 Å². The molecule has 0 unspecified atom stereocenters. The molecule has 1 aromatic heterocycles. The molecule has 4 heteroatoms. The van der Waals surface area contributed by atoms with Gasteiger partial charge in [0.05, 0.1) is 0 Å². The van der Waals surface area contributed by atoms with Gasteiger partial charge in [-0.25, -0.2) is 4.39 Å². The second-order valence-corrected chi connectivity index (χ2v) is 5.14. The Morgan fingerprint density at radius 1 is 1.05 bits per heavy atom. The highest BCUT2D eigenvalue weighted by Crippen LogP contribution is 2.22. The van der Waals surface area contributed by atoms with E-state index >= 15 is 0 Å². The first-order chi connectivity index (χ1) is 9.74. The molecule has 102 valence electrons. The molecule has 0 bridgehead atoms. The van der Waals surface area contributed by atoms with E-state index in [4.69, 9.17) is 11.6 Å². The third-order valence-electron chi connectivity index (χ3n) is 3.32. The summed E-state index contributed by atoms with van der Waals surface area (Å²) < 4.78 is 13.5. The summed E-state index contributed by atoms with van der Waals surface area (Å²) in [6.07, 6.45) is 1.95. The van der Waals surface area contributed by atoms with Crippen LogP contribution in [0.2, 0.25) is 5.02 Å². The predicted molar refractivity (Wildman–Crippen MR) is 80.3 cm³/mol. The van der Waals surface area contributed by atoms with Crippen LogP contribution < -0.4 is 5.32 Å². The highest BCUT2D eigenvalue weighted by Gasteiger charge is 2.05. The summed E-state index contributed by atoms with van der Waals surface area (Å²) in [7, 11) is 0. The number of fused-ring (bicyclic) bond motifs is 1. The molecule has 0 aliphatic rings. The number of benzene rings is 2. The molecule has 0 fully saturated rings. The van der Waals surface area contributed by atoms with E-state index in [1.54, 1.807) is 12.1 Å². The van der Waals surface area contributed by atoms with E-state index < -0.39 is 0 Å². The molecule has 20 heavy (non-hydrogen) atoms. The Balaban J connectivity index is 1.70. The van der Waals surface area contributed by atoms with Crippen LogP contribution in [-0.2, 0) is 13.1 Å². The van der Waals surface area contributed by atoms with E-state index in [1.807, 2.05) is 30.5 Å². The Hall–Kier alpha value is -1.84. The molecule has 0 saturated carbocycles. The minimum absolute atomic E-state index is 0.175. The number of rotatable bonds is 4. The van der Waals surface area contributed by atoms with Crippen LogP contribution >= 0.6 is 11.6 Å². The predicted octanol–water partition coefficient (Wildman–Crippen LogP) is 4.25. The fourth-order valence-corrected chi connectivity index (χ4v) is 2.45. The molecule has 0 saturated heterocycles. The van der Waals surface area contributed by atoms with Gasteiger partial charge in [-0.15, -0.1) is 0 Å². The second-order valence-electron chi connectivity index (χ2n) is 4.70. The fourth-order valence-electron chi connectivity index (χ4n) is 2.28. The Morgan fingerprint density at radius 2 is 1.85 bits per heavy atom. The highest BCUT2D eigenvalue weighted by molar-refractivity contribution is 6.31. The van der Waals surface area contributed by atoms with Crippen LogP contribution in [0.1, 0.15) is 11.1 Å². The Kier molecular flexibility index (Phi) is 3.72. The molecule has 0 aliphatic heterocycles. The normalized spacial score (nSPS) is 11.1. The molecule has 2 aromatic carbocycles. The molecule has 2 nitrogen and oxygen atoms in total. The molecule has 0 amide bonds. The van der Waals surface area contributed by atoms with E-state index in [9.17, 15) is 4.39 Å². The second kappa shape index (κ2) is 5.65. The van der Waals surface area contributed by atoms with Gasteiger partial charge in [0, 0.05) is 40.8 Å². The SMILES string of the molecule is Fc1ccccc1CNCc1c[nH]c2cc(Cl)ccc12. The molecular formula is C16H14ClFN2. The summed E-state index contributed by atoms with van der Waals surface area (Å²) in [4.78, 5) is 3.19. The van der Waals surface area contributed by atoms with Gasteiger partial charge in [-0.1, -0.05) is 35.9 Å². The zero-order chi connectivity index (χ0) is 13.9. The first-order valence-electron chi connectivity index (χ1n) is 6.43. The van der Waals surface area contributed by atoms with Crippen molar-refractivity contribution in [1.82, 2.24) is 10.3 Å². The van der Waals surface area contributed by atoms with Crippen molar-refractivity contribution in [3.05, 3.63) is 70.6 Å². The smallest absolute Gasteiger partial charge is 0.127 e. The zero-order valence-electron chi connectivity index (χ0n) is 10.8. The lowest BCUT2D eigenvalue weighted by Crippen LogP contribution is -2.13. The molecule has 0 spiro atoms. The summed E-state index contributed by atoms with van der Waals surface area (Å²) in [5.74, 6) is -0.175. The molecular weight excluding hydrogens is 275 g/mol. The van der Waals surface area contributed by atoms with Crippen LogP contribution in [0.3, 0.4) is 0 Å². The minimum atomic E-state index is -0.175. The zero-order valence-corrected chi connectivity index (χ0v) is 11.5. The van der Waals surface area contributed by atoms with Crippen LogP contribution in [0.4, 0.5) is 4.39 Å². The van der Waals surface area contributed by atoms with Gasteiger partial charge < -0.3 is 10.3 Å². The summed E-state index contributed by atoms with van der Waals surface area (Å²) in [6.45, 7) is 1.18. The summed E-state index contributed by atoms with van der Waals surface area (Å²) in [5, 5.41) is 5.11. The molecule has 2 N–H and O–H groups in total. The van der Waals surface area contributed by atoms with Crippen molar-refractivity contribution in [1.29, 1.82) is 0 Å². The average molecular weight is 289 g/mol. The molecule has 1 heterocycles. The lowest BCUT2D eigenvalue weighted by molar-refractivity contribution is 0.588. The van der Waals surface area contributed by atoms with Crippen molar-refractivity contribution in [2.45, 2.75) is 13.1 Å². The van der Waals surface area contributed by atoms with Crippen LogP contribution in [-0.4, -0.2) is 4.98 Å². The van der Waals surface area contributed by atoms with Crippen molar-refractivity contribution in [2.75, 3.05) is 0 Å². The highest BCUT2D eigenvalue weighted by atomic mass is 35.5. The van der Waals surface area contributed by atoms with Crippen molar-refractivity contribution >= 4 is 22.5 Å². The lowest BCUT2D eigenvalue weighted by atomic mass is 10.1. The van der Waals surface area contributed by atoms with E-state index in [-0.39, 0.29) is 5.82 Å². The quantitative estimate of drug-likeness (QED) is 0.738. The van der Waals surface area contributed by atoms with E-state index in [0.717, 1.165) is 16.5 Å². The number of nitrogens with one attached hydrogen (secondary N) is 2. The van der Waals surface area contributed by atoms with Crippen molar-refractivity contribution in [2.24, 2.45) is 0 Å². The van der Waals surface area contributed by atoms with Gasteiger partial charge >= 0.3 is 0 Å². The topological polar surface area (TPSA) is 27.8 Å². The molecule has 0 radical (unpaired) electrons. The maximum Gasteiger partial charge on any atom is 0.127 e. The van der Waals surface area contributed by atoms with Gasteiger partial charge in [0.2, 0.25) is 0 Å². The molecule has 0 aliphatic carbocycles. The van der Waals surface area contributed by atoms with Crippen LogP contribution in [0.5, 0.6) is 0 Å².